The quantitative estimate of drug-likeness (QED) is 0.163. The Balaban J connectivity index is 1.36. The van der Waals surface area contributed by atoms with Gasteiger partial charge in [0, 0.05) is 5.56 Å². The van der Waals surface area contributed by atoms with Crippen LogP contribution < -0.4 is 4.74 Å². The first-order valence-electron chi connectivity index (χ1n) is 15.8. The first kappa shape index (κ1) is 30.6. The molecule has 2 N–H and O–H groups in total. The van der Waals surface area contributed by atoms with Crippen molar-refractivity contribution in [3.05, 3.63) is 209 Å². The molecular weight excluding hydrogens is 584 g/mol. The standard InChI is InChI=1S/C42H36O5/c43-41(33-20-8-2-9-21-33,34-22-10-3-11-23-34)38-39(42(44,35-24-12-4-13-25-35)36-26-14-5-15-27-36)47-40(46-38)32-19-16-28-37(29-32)45-30-31-17-6-1-7-18-31/h1-29,38-40,43-44H,30H2/t38-,39-/m1/s1. The van der Waals surface area contributed by atoms with Crippen LogP contribution in [0, 0.1) is 0 Å². The molecule has 1 aliphatic rings. The summed E-state index contributed by atoms with van der Waals surface area (Å²) < 4.78 is 19.9. The summed E-state index contributed by atoms with van der Waals surface area (Å²) in [6, 6.07) is 55.3. The summed E-state index contributed by atoms with van der Waals surface area (Å²) in [7, 11) is 0. The Morgan fingerprint density at radius 1 is 0.468 bits per heavy atom. The van der Waals surface area contributed by atoms with E-state index < -0.39 is 29.7 Å². The number of benzene rings is 6. The van der Waals surface area contributed by atoms with Gasteiger partial charge in [-0.15, -0.1) is 0 Å². The van der Waals surface area contributed by atoms with E-state index in [-0.39, 0.29) is 0 Å². The van der Waals surface area contributed by atoms with Crippen LogP contribution in [0.4, 0.5) is 0 Å². The van der Waals surface area contributed by atoms with E-state index in [1.165, 1.54) is 0 Å². The largest absolute Gasteiger partial charge is 0.489 e. The third kappa shape index (κ3) is 5.98. The van der Waals surface area contributed by atoms with Crippen LogP contribution in [0.2, 0.25) is 0 Å². The SMILES string of the molecule is OC(c1ccccc1)(c1ccccc1)[C@@H]1OC(c2cccc(OCc3ccccc3)c2)O[C@H]1C(O)(c1ccccc1)c1ccccc1. The molecule has 6 aromatic carbocycles. The van der Waals surface area contributed by atoms with Crippen LogP contribution in [-0.2, 0) is 27.3 Å². The van der Waals surface area contributed by atoms with Gasteiger partial charge in [0.05, 0.1) is 0 Å². The van der Waals surface area contributed by atoms with Gasteiger partial charge >= 0.3 is 0 Å². The van der Waals surface area contributed by atoms with E-state index in [1.54, 1.807) is 0 Å². The van der Waals surface area contributed by atoms with Gasteiger partial charge < -0.3 is 24.4 Å². The van der Waals surface area contributed by atoms with Crippen molar-refractivity contribution in [3.8, 4) is 5.75 Å². The van der Waals surface area contributed by atoms with Gasteiger partial charge in [0.1, 0.15) is 35.8 Å². The van der Waals surface area contributed by atoms with E-state index in [1.807, 2.05) is 176 Å². The molecule has 0 aromatic heterocycles. The average Bonchev–Trinajstić information content (AvgIpc) is 3.62. The summed E-state index contributed by atoms with van der Waals surface area (Å²) in [6.07, 6.45) is -3.05. The van der Waals surface area contributed by atoms with Gasteiger partial charge in [0.25, 0.3) is 0 Å². The lowest BCUT2D eigenvalue weighted by atomic mass is 9.72. The Morgan fingerprint density at radius 2 is 0.851 bits per heavy atom. The molecule has 0 radical (unpaired) electrons. The predicted molar refractivity (Wildman–Crippen MR) is 181 cm³/mol. The molecule has 0 bridgehead atoms. The van der Waals surface area contributed by atoms with Gasteiger partial charge in [0.15, 0.2) is 6.29 Å². The second-order valence-corrected chi connectivity index (χ2v) is 11.8. The summed E-state index contributed by atoms with van der Waals surface area (Å²) in [5.41, 5.74) is 0.820. The highest BCUT2D eigenvalue weighted by Gasteiger charge is 2.59. The van der Waals surface area contributed by atoms with Crippen LogP contribution in [0.15, 0.2) is 176 Å². The van der Waals surface area contributed by atoms with E-state index in [0.29, 0.717) is 40.2 Å². The van der Waals surface area contributed by atoms with Crippen LogP contribution in [0.3, 0.4) is 0 Å². The fourth-order valence-corrected chi connectivity index (χ4v) is 6.48. The molecule has 0 unspecified atom stereocenters. The van der Waals surface area contributed by atoms with Crippen molar-refractivity contribution in [2.45, 2.75) is 36.3 Å². The molecule has 1 heterocycles. The van der Waals surface area contributed by atoms with Crippen molar-refractivity contribution >= 4 is 0 Å². The van der Waals surface area contributed by atoms with Gasteiger partial charge in [-0.2, -0.15) is 0 Å². The number of ether oxygens (including phenoxy) is 3. The minimum atomic E-state index is -1.71. The molecule has 0 amide bonds. The zero-order chi connectivity index (χ0) is 32.1. The molecule has 0 aliphatic carbocycles. The highest BCUT2D eigenvalue weighted by atomic mass is 16.7. The van der Waals surface area contributed by atoms with Gasteiger partial charge in [-0.05, 0) is 39.9 Å². The summed E-state index contributed by atoms with van der Waals surface area (Å²) in [4.78, 5) is 0. The Hall–Kier alpha value is -5.04. The molecule has 1 saturated heterocycles. The van der Waals surface area contributed by atoms with Crippen molar-refractivity contribution in [1.29, 1.82) is 0 Å². The number of hydrogen-bond donors (Lipinski definition) is 2. The maximum Gasteiger partial charge on any atom is 0.185 e. The molecule has 234 valence electrons. The Kier molecular flexibility index (Phi) is 8.70. The zero-order valence-electron chi connectivity index (χ0n) is 25.8. The third-order valence-electron chi connectivity index (χ3n) is 8.87. The number of hydrogen-bond acceptors (Lipinski definition) is 5. The van der Waals surface area contributed by atoms with Crippen LogP contribution >= 0.6 is 0 Å². The van der Waals surface area contributed by atoms with Crippen molar-refractivity contribution < 1.29 is 24.4 Å². The molecule has 1 fully saturated rings. The van der Waals surface area contributed by atoms with E-state index in [0.717, 1.165) is 5.56 Å². The normalized spacial score (nSPS) is 17.0. The molecule has 5 heteroatoms. The monoisotopic (exact) mass is 620 g/mol. The molecule has 2 atom stereocenters. The molecule has 7 rings (SSSR count). The highest BCUT2D eigenvalue weighted by molar-refractivity contribution is 5.44. The molecular formula is C42H36O5. The topological polar surface area (TPSA) is 68.2 Å². The van der Waals surface area contributed by atoms with E-state index in [4.69, 9.17) is 14.2 Å². The van der Waals surface area contributed by atoms with Crippen LogP contribution in [0.5, 0.6) is 5.75 Å². The van der Waals surface area contributed by atoms with Crippen molar-refractivity contribution in [2.24, 2.45) is 0 Å². The molecule has 1 aliphatic heterocycles. The zero-order valence-corrected chi connectivity index (χ0v) is 25.8. The lowest BCUT2D eigenvalue weighted by Gasteiger charge is -2.42. The molecule has 0 saturated carbocycles. The molecule has 6 aromatic rings. The molecule has 5 nitrogen and oxygen atoms in total. The lowest BCUT2D eigenvalue weighted by Crippen LogP contribution is -2.54. The minimum absolute atomic E-state index is 0.408. The first-order chi connectivity index (χ1) is 23.1. The lowest BCUT2D eigenvalue weighted by molar-refractivity contribution is -0.110. The van der Waals surface area contributed by atoms with Gasteiger partial charge in [-0.3, -0.25) is 0 Å². The Bertz CT molecular complexity index is 1690. The first-order valence-corrected chi connectivity index (χ1v) is 15.8. The van der Waals surface area contributed by atoms with E-state index in [2.05, 4.69) is 0 Å². The molecule has 0 spiro atoms. The summed E-state index contributed by atoms with van der Waals surface area (Å²) in [6.45, 7) is 0.408. The minimum Gasteiger partial charge on any atom is -0.489 e. The number of rotatable bonds is 10. The maximum absolute atomic E-state index is 13.1. The number of aliphatic hydroxyl groups is 2. The fraction of sp³-hybridized carbons (Fsp3) is 0.143. The van der Waals surface area contributed by atoms with Gasteiger partial charge in [0.2, 0.25) is 0 Å². The van der Waals surface area contributed by atoms with E-state index >= 15 is 0 Å². The average molecular weight is 621 g/mol. The fourth-order valence-electron chi connectivity index (χ4n) is 6.48. The smallest absolute Gasteiger partial charge is 0.185 e. The van der Waals surface area contributed by atoms with Crippen LogP contribution in [0.1, 0.15) is 39.7 Å². The van der Waals surface area contributed by atoms with Gasteiger partial charge in [-0.1, -0.05) is 164 Å². The third-order valence-corrected chi connectivity index (χ3v) is 8.87. The summed E-state index contributed by atoms with van der Waals surface area (Å²) in [5.74, 6) is 0.654. The molecule has 47 heavy (non-hydrogen) atoms. The maximum atomic E-state index is 13.1. The summed E-state index contributed by atoms with van der Waals surface area (Å²) >= 11 is 0. The highest BCUT2D eigenvalue weighted by Crippen LogP contribution is 2.51. The Morgan fingerprint density at radius 3 is 1.26 bits per heavy atom. The van der Waals surface area contributed by atoms with Crippen molar-refractivity contribution in [1.82, 2.24) is 0 Å². The van der Waals surface area contributed by atoms with Crippen LogP contribution in [0.25, 0.3) is 0 Å². The summed E-state index contributed by atoms with van der Waals surface area (Å²) in [5, 5.41) is 26.1. The second kappa shape index (κ2) is 13.4. The van der Waals surface area contributed by atoms with Crippen LogP contribution in [-0.4, -0.2) is 22.4 Å². The van der Waals surface area contributed by atoms with Crippen molar-refractivity contribution in [2.75, 3.05) is 0 Å². The Labute approximate surface area is 275 Å². The second-order valence-electron chi connectivity index (χ2n) is 11.8. The van der Waals surface area contributed by atoms with Crippen molar-refractivity contribution in [3.63, 3.8) is 0 Å². The van der Waals surface area contributed by atoms with Gasteiger partial charge in [-0.25, -0.2) is 0 Å². The predicted octanol–water partition coefficient (Wildman–Crippen LogP) is 7.92. The van der Waals surface area contributed by atoms with E-state index in [9.17, 15) is 10.2 Å².